The molecule has 3 aromatic carbocycles. The van der Waals surface area contributed by atoms with Crippen LogP contribution >= 0.6 is 11.6 Å². The van der Waals surface area contributed by atoms with Gasteiger partial charge in [-0.05, 0) is 47.9 Å². The Kier molecular flexibility index (Phi) is 7.17. The summed E-state index contributed by atoms with van der Waals surface area (Å²) in [6.07, 6.45) is 0.750. The van der Waals surface area contributed by atoms with Gasteiger partial charge >= 0.3 is 11.7 Å². The van der Waals surface area contributed by atoms with Gasteiger partial charge < -0.3 is 19.1 Å². The van der Waals surface area contributed by atoms with E-state index in [0.717, 1.165) is 12.0 Å². The third-order valence-corrected chi connectivity index (χ3v) is 5.78. The first-order valence-electron chi connectivity index (χ1n) is 10.7. The quantitative estimate of drug-likeness (QED) is 0.263. The molecule has 3 aromatic rings. The summed E-state index contributed by atoms with van der Waals surface area (Å²) in [4.78, 5) is 37.5. The molecule has 180 valence electrons. The molecule has 0 saturated heterocycles. The molecule has 0 saturated carbocycles. The molecular weight excluding hydrogens is 476 g/mol. The number of hydrogen-bond donors (Lipinski definition) is 0. The minimum atomic E-state index is -0.710. The molecule has 0 aliphatic carbocycles. The lowest BCUT2D eigenvalue weighted by Gasteiger charge is -2.28. The van der Waals surface area contributed by atoms with Crippen LogP contribution in [0.3, 0.4) is 0 Å². The molecule has 0 atom stereocenters. The zero-order valence-corrected chi connectivity index (χ0v) is 19.5. The van der Waals surface area contributed by atoms with Crippen molar-refractivity contribution in [3.8, 4) is 17.2 Å². The lowest BCUT2D eigenvalue weighted by Crippen LogP contribution is -2.38. The zero-order valence-electron chi connectivity index (χ0n) is 18.7. The predicted octanol–water partition coefficient (Wildman–Crippen LogP) is 4.79. The molecule has 1 aliphatic rings. The van der Waals surface area contributed by atoms with Gasteiger partial charge in [0.15, 0.2) is 18.1 Å². The van der Waals surface area contributed by atoms with Crippen LogP contribution in [-0.2, 0) is 22.5 Å². The summed E-state index contributed by atoms with van der Waals surface area (Å²) in [5, 5.41) is 11.5. The molecule has 0 aromatic heterocycles. The van der Waals surface area contributed by atoms with E-state index in [2.05, 4.69) is 0 Å². The Balaban J connectivity index is 1.41. The number of ether oxygens (including phenoxy) is 3. The number of fused-ring (bicyclic) bond motifs is 1. The number of nitro groups is 1. The smallest absolute Gasteiger partial charge is 0.338 e. The maximum Gasteiger partial charge on any atom is 0.338 e. The number of halogens is 1. The molecule has 4 rings (SSSR count). The Morgan fingerprint density at radius 1 is 1.03 bits per heavy atom. The van der Waals surface area contributed by atoms with Crippen LogP contribution in [0.25, 0.3) is 0 Å². The molecule has 1 heterocycles. The molecule has 35 heavy (non-hydrogen) atoms. The van der Waals surface area contributed by atoms with E-state index in [1.54, 1.807) is 4.90 Å². The maximum absolute atomic E-state index is 12.6. The fourth-order valence-electron chi connectivity index (χ4n) is 3.73. The fraction of sp³-hybridized carbons (Fsp3) is 0.200. The first-order chi connectivity index (χ1) is 16.9. The van der Waals surface area contributed by atoms with E-state index in [-0.39, 0.29) is 39.4 Å². The second-order valence-electron chi connectivity index (χ2n) is 7.75. The van der Waals surface area contributed by atoms with Gasteiger partial charge in [0, 0.05) is 24.2 Å². The molecule has 10 heteroatoms. The molecular formula is C25H21ClN2O7. The van der Waals surface area contributed by atoms with Gasteiger partial charge in [0.05, 0.1) is 17.6 Å². The van der Waals surface area contributed by atoms with Crippen molar-refractivity contribution >= 4 is 29.2 Å². The zero-order chi connectivity index (χ0) is 24.9. The van der Waals surface area contributed by atoms with Crippen molar-refractivity contribution < 1.29 is 28.7 Å². The van der Waals surface area contributed by atoms with Gasteiger partial charge in [0.1, 0.15) is 0 Å². The van der Waals surface area contributed by atoms with Crippen molar-refractivity contribution in [3.05, 3.63) is 92.5 Å². The second kappa shape index (κ2) is 10.4. The number of esters is 1. The third kappa shape index (κ3) is 5.52. The lowest BCUT2D eigenvalue weighted by molar-refractivity contribution is -0.385. The summed E-state index contributed by atoms with van der Waals surface area (Å²) in [6.45, 7) is 0.645. The first-order valence-corrected chi connectivity index (χ1v) is 11.0. The number of rotatable bonds is 7. The number of nitrogens with zero attached hydrogens (tertiary/aromatic N) is 2. The van der Waals surface area contributed by atoms with Gasteiger partial charge in [0.2, 0.25) is 5.75 Å². The Bertz CT molecular complexity index is 1290. The van der Waals surface area contributed by atoms with Crippen LogP contribution in [0, 0.1) is 10.1 Å². The average Bonchev–Trinajstić information content (AvgIpc) is 2.87. The minimum absolute atomic E-state index is 0.0401. The van der Waals surface area contributed by atoms with Crippen molar-refractivity contribution in [2.75, 3.05) is 20.3 Å². The van der Waals surface area contributed by atoms with Crippen LogP contribution < -0.4 is 9.47 Å². The highest BCUT2D eigenvalue weighted by Gasteiger charge is 2.23. The summed E-state index contributed by atoms with van der Waals surface area (Å²) in [5.41, 5.74) is 2.12. The summed E-state index contributed by atoms with van der Waals surface area (Å²) in [7, 11) is 1.37. The molecule has 1 amide bonds. The van der Waals surface area contributed by atoms with Crippen molar-refractivity contribution in [2.24, 2.45) is 0 Å². The van der Waals surface area contributed by atoms with Gasteiger partial charge in [-0.25, -0.2) is 4.79 Å². The number of hydrogen-bond acceptors (Lipinski definition) is 7. The number of nitro benzene ring substituents is 1. The molecule has 0 fully saturated rings. The number of amides is 1. The number of benzene rings is 3. The van der Waals surface area contributed by atoms with Crippen molar-refractivity contribution in [1.82, 2.24) is 4.90 Å². The van der Waals surface area contributed by atoms with E-state index in [1.165, 1.54) is 49.1 Å². The highest BCUT2D eigenvalue weighted by atomic mass is 35.5. The minimum Gasteiger partial charge on any atom is -0.493 e. The summed E-state index contributed by atoms with van der Waals surface area (Å²) < 4.78 is 16.2. The van der Waals surface area contributed by atoms with E-state index in [9.17, 15) is 19.7 Å². The van der Waals surface area contributed by atoms with Gasteiger partial charge in [-0.2, -0.15) is 0 Å². The normalized spacial score (nSPS) is 12.5. The summed E-state index contributed by atoms with van der Waals surface area (Å²) in [6, 6.07) is 16.2. The van der Waals surface area contributed by atoms with Crippen molar-refractivity contribution in [2.45, 2.75) is 13.0 Å². The largest absolute Gasteiger partial charge is 0.493 e. The van der Waals surface area contributed by atoms with Gasteiger partial charge in [-0.15, -0.1) is 0 Å². The van der Waals surface area contributed by atoms with Crippen LogP contribution in [0.4, 0.5) is 5.69 Å². The monoisotopic (exact) mass is 496 g/mol. The second-order valence-corrected chi connectivity index (χ2v) is 8.18. The van der Waals surface area contributed by atoms with E-state index in [1.807, 2.05) is 24.3 Å². The Morgan fingerprint density at radius 2 is 1.77 bits per heavy atom. The molecule has 0 N–H and O–H groups in total. The van der Waals surface area contributed by atoms with E-state index in [0.29, 0.717) is 13.1 Å². The van der Waals surface area contributed by atoms with E-state index >= 15 is 0 Å². The molecule has 9 nitrogen and oxygen atoms in total. The number of methoxy groups -OCH3 is 1. The Hall–Kier alpha value is -4.11. The molecule has 0 radical (unpaired) electrons. The fourth-order valence-corrected chi connectivity index (χ4v) is 3.89. The highest BCUT2D eigenvalue weighted by Crippen LogP contribution is 2.38. The van der Waals surface area contributed by atoms with Crippen LogP contribution in [0.15, 0.2) is 60.7 Å². The van der Waals surface area contributed by atoms with Crippen LogP contribution in [0.1, 0.15) is 21.5 Å². The van der Waals surface area contributed by atoms with E-state index in [4.69, 9.17) is 25.8 Å². The Labute approximate surface area is 205 Å². The average molecular weight is 497 g/mol. The summed E-state index contributed by atoms with van der Waals surface area (Å²) >= 11 is 5.84. The lowest BCUT2D eigenvalue weighted by atomic mass is 10.00. The van der Waals surface area contributed by atoms with Gasteiger partial charge in [0.25, 0.3) is 5.91 Å². The number of carbonyl (C=O) groups excluding carboxylic acids is 2. The number of carbonyl (C=O) groups is 2. The van der Waals surface area contributed by atoms with Crippen molar-refractivity contribution in [1.29, 1.82) is 0 Å². The molecule has 0 bridgehead atoms. The Morgan fingerprint density at radius 3 is 2.51 bits per heavy atom. The standard InChI is InChI=1S/C25H21ClN2O7/c1-33-23-12-17(6-8-22(23)35-21-9-7-19(26)13-20(21)28(31)32)25(30)34-15-24(29)27-11-10-16-4-2-3-5-18(16)14-27/h2-9,12-13H,10-11,14-15H2,1H3. The third-order valence-electron chi connectivity index (χ3n) is 5.55. The predicted molar refractivity (Wildman–Crippen MR) is 127 cm³/mol. The SMILES string of the molecule is COc1cc(C(=O)OCC(=O)N2CCc3ccccc3C2)ccc1Oc1ccc(Cl)cc1[N+](=O)[O-]. The maximum atomic E-state index is 12.6. The summed E-state index contributed by atoms with van der Waals surface area (Å²) in [5.74, 6) is -0.727. The van der Waals surface area contributed by atoms with Crippen molar-refractivity contribution in [3.63, 3.8) is 0 Å². The highest BCUT2D eigenvalue weighted by molar-refractivity contribution is 6.30. The topological polar surface area (TPSA) is 108 Å². The molecule has 1 aliphatic heterocycles. The molecule has 0 spiro atoms. The van der Waals surface area contributed by atoms with Crippen LogP contribution in [0.2, 0.25) is 5.02 Å². The van der Waals surface area contributed by atoms with Gasteiger partial charge in [-0.1, -0.05) is 35.9 Å². The van der Waals surface area contributed by atoms with Crippen LogP contribution in [-0.4, -0.2) is 42.0 Å². The van der Waals surface area contributed by atoms with E-state index < -0.39 is 17.5 Å². The molecule has 0 unspecified atom stereocenters. The van der Waals surface area contributed by atoms with Crippen LogP contribution in [0.5, 0.6) is 17.2 Å². The van der Waals surface area contributed by atoms with Gasteiger partial charge in [-0.3, -0.25) is 14.9 Å². The first kappa shape index (κ1) is 24.0.